The van der Waals surface area contributed by atoms with Gasteiger partial charge in [-0.1, -0.05) is 30.3 Å². The number of hydrogen-bond donors (Lipinski definition) is 3. The molecule has 1 aromatic heterocycles. The summed E-state index contributed by atoms with van der Waals surface area (Å²) in [5, 5.41) is 6.16. The smallest absolute Gasteiger partial charge is 0.258 e. The Balaban J connectivity index is 1.54. The minimum Gasteiger partial charge on any atom is -0.338 e. The van der Waals surface area contributed by atoms with Gasteiger partial charge in [0.2, 0.25) is 0 Å². The first-order chi connectivity index (χ1) is 14.1. The van der Waals surface area contributed by atoms with Crippen molar-refractivity contribution in [3.8, 4) is 11.4 Å². The fourth-order valence-electron chi connectivity index (χ4n) is 3.79. The zero-order chi connectivity index (χ0) is 20.0. The van der Waals surface area contributed by atoms with Crippen LogP contribution in [-0.4, -0.2) is 15.9 Å². The van der Waals surface area contributed by atoms with Gasteiger partial charge in [0.1, 0.15) is 17.2 Å². The van der Waals surface area contributed by atoms with E-state index in [0.29, 0.717) is 22.5 Å². The fourth-order valence-corrected chi connectivity index (χ4v) is 3.79. The molecule has 0 atom stereocenters. The van der Waals surface area contributed by atoms with Crippen LogP contribution in [0.5, 0.6) is 0 Å². The minimum absolute atomic E-state index is 0.203. The molecule has 29 heavy (non-hydrogen) atoms. The van der Waals surface area contributed by atoms with Gasteiger partial charge in [0.15, 0.2) is 0 Å². The average Bonchev–Trinajstić information content (AvgIpc) is 3.33. The Labute approximate surface area is 167 Å². The third kappa shape index (κ3) is 3.17. The SMILES string of the molecule is Cc1ccccc1-c1nc2c(C(=O)Nc3ccc4c(c3)CNC4)cc(F)cc2[nH]1. The van der Waals surface area contributed by atoms with Crippen LogP contribution in [-0.2, 0) is 13.1 Å². The highest BCUT2D eigenvalue weighted by Gasteiger charge is 2.18. The number of aromatic amines is 1. The summed E-state index contributed by atoms with van der Waals surface area (Å²) in [5.74, 6) is -0.259. The van der Waals surface area contributed by atoms with Crippen molar-refractivity contribution >= 4 is 22.6 Å². The highest BCUT2D eigenvalue weighted by atomic mass is 19.1. The Bertz CT molecular complexity index is 1260. The van der Waals surface area contributed by atoms with E-state index >= 15 is 0 Å². The molecular formula is C23H19FN4O. The first-order valence-corrected chi connectivity index (χ1v) is 9.47. The van der Waals surface area contributed by atoms with Crippen LogP contribution in [0.1, 0.15) is 27.0 Å². The predicted octanol–water partition coefficient (Wildman–Crippen LogP) is 4.53. The topological polar surface area (TPSA) is 69.8 Å². The molecule has 5 rings (SSSR count). The second-order valence-corrected chi connectivity index (χ2v) is 7.29. The first kappa shape index (κ1) is 17.6. The van der Waals surface area contributed by atoms with Gasteiger partial charge in [0.25, 0.3) is 5.91 Å². The summed E-state index contributed by atoms with van der Waals surface area (Å²) in [6, 6.07) is 16.2. The molecule has 0 aliphatic carbocycles. The number of carbonyl (C=O) groups excluding carboxylic acids is 1. The zero-order valence-electron chi connectivity index (χ0n) is 15.8. The van der Waals surface area contributed by atoms with Gasteiger partial charge < -0.3 is 15.6 Å². The van der Waals surface area contributed by atoms with Crippen LogP contribution >= 0.6 is 0 Å². The molecule has 3 N–H and O–H groups in total. The van der Waals surface area contributed by atoms with Crippen LogP contribution in [0.15, 0.2) is 54.6 Å². The van der Waals surface area contributed by atoms with Crippen LogP contribution < -0.4 is 10.6 Å². The highest BCUT2D eigenvalue weighted by Crippen LogP contribution is 2.27. The van der Waals surface area contributed by atoms with E-state index in [1.807, 2.05) is 49.4 Å². The van der Waals surface area contributed by atoms with Crippen molar-refractivity contribution in [3.05, 3.63) is 82.7 Å². The Morgan fingerprint density at radius 1 is 1.07 bits per heavy atom. The predicted molar refractivity (Wildman–Crippen MR) is 111 cm³/mol. The Hall–Kier alpha value is -3.51. The van der Waals surface area contributed by atoms with E-state index < -0.39 is 5.82 Å². The van der Waals surface area contributed by atoms with E-state index in [9.17, 15) is 9.18 Å². The lowest BCUT2D eigenvalue weighted by molar-refractivity contribution is 0.102. The summed E-state index contributed by atoms with van der Waals surface area (Å²) in [6.07, 6.45) is 0. The lowest BCUT2D eigenvalue weighted by Gasteiger charge is -2.08. The number of hydrogen-bond acceptors (Lipinski definition) is 3. The maximum Gasteiger partial charge on any atom is 0.258 e. The monoisotopic (exact) mass is 386 g/mol. The van der Waals surface area contributed by atoms with Crippen molar-refractivity contribution in [3.63, 3.8) is 0 Å². The Kier molecular flexibility index (Phi) is 4.14. The van der Waals surface area contributed by atoms with Gasteiger partial charge in [-0.15, -0.1) is 0 Å². The second-order valence-electron chi connectivity index (χ2n) is 7.29. The highest BCUT2D eigenvalue weighted by molar-refractivity contribution is 6.11. The molecule has 144 valence electrons. The molecule has 0 spiro atoms. The maximum absolute atomic E-state index is 14.2. The minimum atomic E-state index is -0.485. The van der Waals surface area contributed by atoms with Crippen LogP contribution in [0.4, 0.5) is 10.1 Å². The number of amides is 1. The van der Waals surface area contributed by atoms with Crippen molar-refractivity contribution in [2.75, 3.05) is 5.32 Å². The summed E-state index contributed by atoms with van der Waals surface area (Å²) in [7, 11) is 0. The number of nitrogens with zero attached hydrogens (tertiary/aromatic N) is 1. The van der Waals surface area contributed by atoms with E-state index in [4.69, 9.17) is 0 Å². The van der Waals surface area contributed by atoms with Crippen LogP contribution in [0.25, 0.3) is 22.4 Å². The summed E-state index contributed by atoms with van der Waals surface area (Å²) >= 11 is 0. The van der Waals surface area contributed by atoms with Crippen molar-refractivity contribution in [1.82, 2.24) is 15.3 Å². The number of anilines is 1. The molecule has 0 radical (unpaired) electrons. The molecule has 1 amide bonds. The molecule has 6 heteroatoms. The van der Waals surface area contributed by atoms with Gasteiger partial charge in [-0.2, -0.15) is 0 Å². The molecule has 5 nitrogen and oxygen atoms in total. The number of imidazole rings is 1. The molecule has 4 aromatic rings. The Morgan fingerprint density at radius 3 is 2.76 bits per heavy atom. The Morgan fingerprint density at radius 2 is 1.90 bits per heavy atom. The third-order valence-corrected chi connectivity index (χ3v) is 5.29. The van der Waals surface area contributed by atoms with Crippen molar-refractivity contribution in [2.24, 2.45) is 0 Å². The molecular weight excluding hydrogens is 367 g/mol. The standard InChI is InChI=1S/C23H19FN4O/c1-13-4-2-3-5-18(13)22-27-20-10-16(24)9-19(21(20)28-22)23(29)26-17-7-6-14-11-25-12-15(14)8-17/h2-10,25H,11-12H2,1H3,(H,26,29)(H,27,28). The quantitative estimate of drug-likeness (QED) is 0.484. The number of carbonyl (C=O) groups is 1. The normalized spacial score (nSPS) is 12.9. The number of rotatable bonds is 3. The second kappa shape index (κ2) is 6.83. The summed E-state index contributed by atoms with van der Waals surface area (Å²) in [5.41, 5.74) is 6.18. The van der Waals surface area contributed by atoms with Gasteiger partial charge in [0, 0.05) is 24.3 Å². The number of nitrogens with one attached hydrogen (secondary N) is 3. The van der Waals surface area contributed by atoms with Crippen molar-refractivity contribution in [1.29, 1.82) is 0 Å². The number of aromatic nitrogens is 2. The van der Waals surface area contributed by atoms with E-state index in [1.165, 1.54) is 17.7 Å². The number of benzene rings is 3. The van der Waals surface area contributed by atoms with Crippen LogP contribution in [0.3, 0.4) is 0 Å². The van der Waals surface area contributed by atoms with Gasteiger partial charge in [-0.3, -0.25) is 4.79 Å². The van der Waals surface area contributed by atoms with E-state index in [-0.39, 0.29) is 11.5 Å². The first-order valence-electron chi connectivity index (χ1n) is 9.47. The van der Waals surface area contributed by atoms with E-state index in [0.717, 1.165) is 29.8 Å². The number of aryl methyl sites for hydroxylation is 1. The fraction of sp³-hybridized carbons (Fsp3) is 0.130. The summed E-state index contributed by atoms with van der Waals surface area (Å²) in [4.78, 5) is 20.7. The lowest BCUT2D eigenvalue weighted by Crippen LogP contribution is -2.13. The molecule has 0 unspecified atom stereocenters. The molecule has 0 bridgehead atoms. The zero-order valence-corrected chi connectivity index (χ0v) is 15.8. The van der Waals surface area contributed by atoms with Gasteiger partial charge >= 0.3 is 0 Å². The molecule has 1 aliphatic heterocycles. The number of H-pyrrole nitrogens is 1. The van der Waals surface area contributed by atoms with Crippen molar-refractivity contribution in [2.45, 2.75) is 20.0 Å². The molecule has 2 heterocycles. The van der Waals surface area contributed by atoms with Gasteiger partial charge in [0.05, 0.1) is 11.1 Å². The molecule has 1 aliphatic rings. The van der Waals surface area contributed by atoms with Gasteiger partial charge in [-0.05, 0) is 47.9 Å². The lowest BCUT2D eigenvalue weighted by atomic mass is 10.1. The summed E-state index contributed by atoms with van der Waals surface area (Å²) < 4.78 is 14.2. The molecule has 0 saturated heterocycles. The summed E-state index contributed by atoms with van der Waals surface area (Å²) in [6.45, 7) is 3.60. The molecule has 3 aromatic carbocycles. The van der Waals surface area contributed by atoms with Crippen LogP contribution in [0, 0.1) is 12.7 Å². The molecule has 0 saturated carbocycles. The largest absolute Gasteiger partial charge is 0.338 e. The van der Waals surface area contributed by atoms with Gasteiger partial charge in [-0.25, -0.2) is 9.37 Å². The van der Waals surface area contributed by atoms with E-state index in [1.54, 1.807) is 0 Å². The average molecular weight is 386 g/mol. The van der Waals surface area contributed by atoms with E-state index in [2.05, 4.69) is 20.6 Å². The van der Waals surface area contributed by atoms with Crippen LogP contribution in [0.2, 0.25) is 0 Å². The molecule has 0 fully saturated rings. The number of fused-ring (bicyclic) bond motifs is 2. The number of halogens is 1. The van der Waals surface area contributed by atoms with Crippen molar-refractivity contribution < 1.29 is 9.18 Å². The third-order valence-electron chi connectivity index (χ3n) is 5.29. The maximum atomic E-state index is 14.2.